The predicted molar refractivity (Wildman–Crippen MR) is 86.0 cm³/mol. The molecule has 126 valence electrons. The SMILES string of the molecule is [Cl-].[NH3+][C@@H](Cc1ccccc1)c1nnc(SCc2cccc(F)c2)o1. The molecule has 3 aromatic rings. The maximum absolute atomic E-state index is 13.1. The van der Waals surface area contributed by atoms with Crippen LogP contribution in [0.1, 0.15) is 23.1 Å². The van der Waals surface area contributed by atoms with Crippen molar-refractivity contribution < 1.29 is 26.9 Å². The summed E-state index contributed by atoms with van der Waals surface area (Å²) in [5, 5.41) is 8.57. The molecule has 0 saturated carbocycles. The lowest BCUT2D eigenvalue weighted by Gasteiger charge is -2.03. The highest BCUT2D eigenvalue weighted by Crippen LogP contribution is 2.23. The highest BCUT2D eigenvalue weighted by Gasteiger charge is 2.18. The van der Waals surface area contributed by atoms with Crippen molar-refractivity contribution in [3.05, 3.63) is 77.4 Å². The van der Waals surface area contributed by atoms with Gasteiger partial charge in [-0.3, -0.25) is 0 Å². The third kappa shape index (κ3) is 5.06. The second-order valence-electron chi connectivity index (χ2n) is 5.21. The van der Waals surface area contributed by atoms with Crippen molar-refractivity contribution in [1.29, 1.82) is 0 Å². The molecule has 0 aliphatic carbocycles. The zero-order valence-corrected chi connectivity index (χ0v) is 14.4. The van der Waals surface area contributed by atoms with Crippen molar-refractivity contribution >= 4 is 11.8 Å². The van der Waals surface area contributed by atoms with Gasteiger partial charge in [-0.05, 0) is 23.3 Å². The summed E-state index contributed by atoms with van der Waals surface area (Å²) in [5.41, 5.74) is 6.15. The Bertz CT molecular complexity index is 769. The first-order valence-corrected chi connectivity index (χ1v) is 8.27. The molecule has 0 radical (unpaired) electrons. The van der Waals surface area contributed by atoms with Gasteiger partial charge >= 0.3 is 0 Å². The van der Waals surface area contributed by atoms with Crippen molar-refractivity contribution in [3.8, 4) is 0 Å². The van der Waals surface area contributed by atoms with E-state index in [1.807, 2.05) is 36.4 Å². The fourth-order valence-electron chi connectivity index (χ4n) is 2.20. The van der Waals surface area contributed by atoms with Gasteiger partial charge < -0.3 is 22.6 Å². The van der Waals surface area contributed by atoms with E-state index in [-0.39, 0.29) is 24.3 Å². The molecule has 0 aliphatic rings. The molecule has 3 N–H and O–H groups in total. The number of hydrogen-bond acceptors (Lipinski definition) is 4. The largest absolute Gasteiger partial charge is 1.00 e. The molecular formula is C17H17ClFN3OS. The Hall–Kier alpha value is -1.89. The molecule has 0 fully saturated rings. The molecule has 24 heavy (non-hydrogen) atoms. The monoisotopic (exact) mass is 365 g/mol. The number of aromatic nitrogens is 2. The van der Waals surface area contributed by atoms with Crippen molar-refractivity contribution in [1.82, 2.24) is 10.2 Å². The normalized spacial score (nSPS) is 11.8. The van der Waals surface area contributed by atoms with Crippen LogP contribution in [0, 0.1) is 5.82 Å². The molecule has 1 heterocycles. The van der Waals surface area contributed by atoms with Gasteiger partial charge in [0.15, 0.2) is 6.04 Å². The van der Waals surface area contributed by atoms with Crippen LogP contribution < -0.4 is 18.1 Å². The molecule has 1 aromatic heterocycles. The second kappa shape index (κ2) is 8.82. The number of benzene rings is 2. The van der Waals surface area contributed by atoms with E-state index < -0.39 is 0 Å². The first kappa shape index (κ1) is 18.4. The Morgan fingerprint density at radius 1 is 1.04 bits per heavy atom. The van der Waals surface area contributed by atoms with Gasteiger partial charge in [-0.25, -0.2) is 4.39 Å². The molecule has 2 aromatic carbocycles. The molecule has 0 spiro atoms. The first-order chi connectivity index (χ1) is 11.2. The molecule has 0 aliphatic heterocycles. The highest BCUT2D eigenvalue weighted by atomic mass is 35.5. The first-order valence-electron chi connectivity index (χ1n) is 7.28. The Kier molecular flexibility index (Phi) is 6.78. The van der Waals surface area contributed by atoms with Crippen LogP contribution in [-0.4, -0.2) is 10.2 Å². The number of halogens is 2. The van der Waals surface area contributed by atoms with Gasteiger partial charge in [-0.2, -0.15) is 0 Å². The van der Waals surface area contributed by atoms with Crippen LogP contribution in [0.3, 0.4) is 0 Å². The van der Waals surface area contributed by atoms with Gasteiger partial charge in [0.1, 0.15) is 5.82 Å². The highest BCUT2D eigenvalue weighted by molar-refractivity contribution is 7.98. The summed E-state index contributed by atoms with van der Waals surface area (Å²) in [6.07, 6.45) is 0.747. The standard InChI is InChI=1S/C17H16FN3OS.ClH/c18-14-8-4-7-13(9-14)11-23-17-21-20-16(22-17)15(19)10-12-5-2-1-3-6-12;/h1-9,15H,10-11,19H2;1H/t15-;/m0./s1. The molecule has 1 atom stereocenters. The van der Waals surface area contributed by atoms with Gasteiger partial charge in [0.2, 0.25) is 0 Å². The Morgan fingerprint density at radius 3 is 2.54 bits per heavy atom. The second-order valence-corrected chi connectivity index (χ2v) is 6.14. The van der Waals surface area contributed by atoms with Crippen LogP contribution in [0.15, 0.2) is 64.2 Å². The number of rotatable bonds is 6. The summed E-state index contributed by atoms with van der Waals surface area (Å²) in [5.74, 6) is 0.866. The summed E-state index contributed by atoms with van der Waals surface area (Å²) in [6, 6.07) is 16.5. The van der Waals surface area contributed by atoms with Crippen LogP contribution in [0.4, 0.5) is 4.39 Å². The van der Waals surface area contributed by atoms with E-state index in [1.165, 1.54) is 29.5 Å². The van der Waals surface area contributed by atoms with E-state index >= 15 is 0 Å². The van der Waals surface area contributed by atoms with Gasteiger partial charge in [-0.15, -0.1) is 10.2 Å². The average Bonchev–Trinajstić information content (AvgIpc) is 3.03. The van der Waals surface area contributed by atoms with Crippen LogP contribution in [0.25, 0.3) is 0 Å². The molecule has 7 heteroatoms. The summed E-state index contributed by atoms with van der Waals surface area (Å²) in [4.78, 5) is 0. The molecule has 0 saturated heterocycles. The van der Waals surface area contributed by atoms with Crippen molar-refractivity contribution in [2.75, 3.05) is 0 Å². The van der Waals surface area contributed by atoms with Crippen LogP contribution in [0.5, 0.6) is 0 Å². The van der Waals surface area contributed by atoms with E-state index in [0.29, 0.717) is 16.9 Å². The van der Waals surface area contributed by atoms with E-state index in [9.17, 15) is 4.39 Å². The van der Waals surface area contributed by atoms with Gasteiger partial charge in [0.05, 0.1) is 0 Å². The van der Waals surface area contributed by atoms with Crippen molar-refractivity contribution in [3.63, 3.8) is 0 Å². The third-order valence-corrected chi connectivity index (χ3v) is 4.24. The topological polar surface area (TPSA) is 66.6 Å². The van der Waals surface area contributed by atoms with Crippen molar-refractivity contribution in [2.24, 2.45) is 0 Å². The van der Waals surface area contributed by atoms with E-state index in [2.05, 4.69) is 15.9 Å². The number of thioether (sulfide) groups is 1. The van der Waals surface area contributed by atoms with Gasteiger partial charge in [0.25, 0.3) is 11.1 Å². The average molecular weight is 366 g/mol. The third-order valence-electron chi connectivity index (χ3n) is 3.35. The maximum Gasteiger partial charge on any atom is 0.277 e. The molecular weight excluding hydrogens is 349 g/mol. The minimum absolute atomic E-state index is 0. The smallest absolute Gasteiger partial charge is 0.277 e. The van der Waals surface area contributed by atoms with E-state index in [0.717, 1.165) is 12.0 Å². The van der Waals surface area contributed by atoms with Crippen LogP contribution >= 0.6 is 11.8 Å². The summed E-state index contributed by atoms with van der Waals surface area (Å²) < 4.78 is 18.8. The fourth-order valence-corrected chi connectivity index (χ4v) is 2.91. The Balaban J connectivity index is 0.00000208. The molecule has 4 nitrogen and oxygen atoms in total. The van der Waals surface area contributed by atoms with Crippen LogP contribution in [-0.2, 0) is 12.2 Å². The molecule has 0 unspecified atom stereocenters. The lowest BCUT2D eigenvalue weighted by molar-refractivity contribution is -0.431. The van der Waals surface area contributed by atoms with Gasteiger partial charge in [-0.1, -0.05) is 54.2 Å². The Morgan fingerprint density at radius 2 is 1.79 bits per heavy atom. The molecule has 3 rings (SSSR count). The quantitative estimate of drug-likeness (QED) is 0.626. The maximum atomic E-state index is 13.1. The lowest BCUT2D eigenvalue weighted by Crippen LogP contribution is -3.00. The van der Waals surface area contributed by atoms with E-state index in [1.54, 1.807) is 6.07 Å². The molecule has 0 bridgehead atoms. The zero-order valence-electron chi connectivity index (χ0n) is 12.9. The zero-order chi connectivity index (χ0) is 16.1. The predicted octanol–water partition coefficient (Wildman–Crippen LogP) is 0.0307. The van der Waals surface area contributed by atoms with Crippen molar-refractivity contribution in [2.45, 2.75) is 23.4 Å². The minimum atomic E-state index is -0.241. The van der Waals surface area contributed by atoms with E-state index in [4.69, 9.17) is 4.42 Å². The Labute approximate surface area is 150 Å². The summed E-state index contributed by atoms with van der Waals surface area (Å²) in [7, 11) is 0. The fraction of sp³-hybridized carbons (Fsp3) is 0.176. The molecule has 0 amide bonds. The summed E-state index contributed by atoms with van der Waals surface area (Å²) >= 11 is 1.39. The lowest BCUT2D eigenvalue weighted by atomic mass is 10.1. The van der Waals surface area contributed by atoms with Crippen LogP contribution in [0.2, 0.25) is 0 Å². The van der Waals surface area contributed by atoms with Gasteiger partial charge in [0, 0.05) is 12.2 Å². The summed E-state index contributed by atoms with van der Waals surface area (Å²) in [6.45, 7) is 0. The number of hydrogen-bond donors (Lipinski definition) is 1. The minimum Gasteiger partial charge on any atom is -1.00 e. The number of quaternary nitrogens is 1. The number of nitrogens with zero attached hydrogens (tertiary/aromatic N) is 2.